The fourth-order valence-corrected chi connectivity index (χ4v) is 5.16. The monoisotopic (exact) mass is 444 g/mol. The van der Waals surface area contributed by atoms with Crippen LogP contribution in [-0.4, -0.2) is 40.6 Å². The van der Waals surface area contributed by atoms with Crippen molar-refractivity contribution in [2.75, 3.05) is 0 Å². The zero-order chi connectivity index (χ0) is 23.3. The molecule has 2 N–H and O–H groups in total. The Balaban J connectivity index is 1.66. The van der Waals surface area contributed by atoms with E-state index in [1.165, 1.54) is 5.56 Å². The molecule has 2 aliphatic rings. The molecule has 1 aromatic rings. The highest BCUT2D eigenvalue weighted by molar-refractivity contribution is 5.67. The molecule has 2 bridgehead atoms. The lowest BCUT2D eigenvalue weighted by molar-refractivity contribution is -0.138. The molecule has 6 atom stereocenters. The molecule has 0 aliphatic carbocycles. The average Bonchev–Trinajstić information content (AvgIpc) is 3.32. The summed E-state index contributed by atoms with van der Waals surface area (Å²) in [5, 5.41) is 19.8. The van der Waals surface area contributed by atoms with Gasteiger partial charge in [0.05, 0.1) is 24.7 Å². The third-order valence-electron chi connectivity index (χ3n) is 7.15. The third-order valence-corrected chi connectivity index (χ3v) is 7.15. The van der Waals surface area contributed by atoms with E-state index in [1.807, 2.05) is 24.3 Å². The highest BCUT2D eigenvalue weighted by Crippen LogP contribution is 2.46. The Morgan fingerprint density at radius 2 is 2.06 bits per heavy atom. The summed E-state index contributed by atoms with van der Waals surface area (Å²) in [4.78, 5) is 10.9. The second-order valence-corrected chi connectivity index (χ2v) is 10.3. The molecular formula is C27H40O5. The largest absolute Gasteiger partial charge is 0.490 e. The maximum atomic E-state index is 10.9. The van der Waals surface area contributed by atoms with Crippen LogP contribution in [0.25, 0.3) is 0 Å². The zero-order valence-electron chi connectivity index (χ0n) is 20.0. The van der Waals surface area contributed by atoms with Gasteiger partial charge in [0.2, 0.25) is 0 Å². The summed E-state index contributed by atoms with van der Waals surface area (Å²) in [5.41, 5.74) is 1.05. The summed E-state index contributed by atoms with van der Waals surface area (Å²) >= 11 is 0. The SMILES string of the molecule is CCCCC(C)(C)C(O)/C=C/C1[C@@H]2CC[C@@H](O2)[C@@H]1Cc1cccc(O[C@H](C)CC(=O)O)c1. The van der Waals surface area contributed by atoms with Crippen LogP contribution in [0.4, 0.5) is 0 Å². The van der Waals surface area contributed by atoms with Gasteiger partial charge in [-0.3, -0.25) is 4.79 Å². The van der Waals surface area contributed by atoms with E-state index in [2.05, 4.69) is 32.9 Å². The van der Waals surface area contributed by atoms with Crippen LogP contribution >= 0.6 is 0 Å². The number of carboxylic acids is 1. The van der Waals surface area contributed by atoms with E-state index in [9.17, 15) is 9.90 Å². The smallest absolute Gasteiger partial charge is 0.307 e. The number of aliphatic hydroxyl groups excluding tert-OH is 1. The summed E-state index contributed by atoms with van der Waals surface area (Å²) in [6.45, 7) is 8.24. The number of carboxylic acid groups (broad SMARTS) is 1. The van der Waals surface area contributed by atoms with Gasteiger partial charge in [-0.1, -0.05) is 57.9 Å². The highest BCUT2D eigenvalue weighted by atomic mass is 16.5. The van der Waals surface area contributed by atoms with Crippen LogP contribution in [0.3, 0.4) is 0 Å². The van der Waals surface area contributed by atoms with E-state index in [1.54, 1.807) is 6.92 Å². The van der Waals surface area contributed by atoms with Crippen LogP contribution in [0.2, 0.25) is 0 Å². The van der Waals surface area contributed by atoms with Crippen LogP contribution in [0, 0.1) is 17.3 Å². The minimum absolute atomic E-state index is 0.0196. The number of hydrogen-bond donors (Lipinski definition) is 2. The molecular weight excluding hydrogens is 404 g/mol. The van der Waals surface area contributed by atoms with Gasteiger partial charge < -0.3 is 19.7 Å². The minimum atomic E-state index is -0.859. The molecule has 2 fully saturated rings. The molecule has 32 heavy (non-hydrogen) atoms. The van der Waals surface area contributed by atoms with E-state index in [-0.39, 0.29) is 30.1 Å². The van der Waals surface area contributed by atoms with Gasteiger partial charge in [0.1, 0.15) is 11.9 Å². The molecule has 2 aliphatic heterocycles. The van der Waals surface area contributed by atoms with Crippen molar-refractivity contribution in [3.63, 3.8) is 0 Å². The number of benzene rings is 1. The summed E-state index contributed by atoms with van der Waals surface area (Å²) in [6.07, 6.45) is 10.2. The molecule has 0 spiro atoms. The van der Waals surface area contributed by atoms with Crippen LogP contribution in [-0.2, 0) is 16.0 Å². The fraction of sp³-hybridized carbons (Fsp3) is 0.667. The number of aliphatic carboxylic acids is 1. The summed E-state index contributed by atoms with van der Waals surface area (Å²) in [5.74, 6) is 0.534. The van der Waals surface area contributed by atoms with E-state index < -0.39 is 12.1 Å². The van der Waals surface area contributed by atoms with Gasteiger partial charge in [-0.05, 0) is 61.6 Å². The summed E-state index contributed by atoms with van der Waals surface area (Å²) in [7, 11) is 0. The van der Waals surface area contributed by atoms with Gasteiger partial charge >= 0.3 is 5.97 Å². The number of hydrogen-bond acceptors (Lipinski definition) is 4. The van der Waals surface area contributed by atoms with Gasteiger partial charge in [0.25, 0.3) is 0 Å². The number of fused-ring (bicyclic) bond motifs is 2. The van der Waals surface area contributed by atoms with Crippen molar-refractivity contribution in [3.8, 4) is 5.75 Å². The quantitative estimate of drug-likeness (QED) is 0.422. The number of ether oxygens (including phenoxy) is 2. The number of unbranched alkanes of at least 4 members (excludes halogenated alkanes) is 1. The first-order chi connectivity index (χ1) is 15.2. The molecule has 5 nitrogen and oxygen atoms in total. The molecule has 2 heterocycles. The Hall–Kier alpha value is -1.85. The van der Waals surface area contributed by atoms with Gasteiger partial charge in [-0.25, -0.2) is 0 Å². The maximum absolute atomic E-state index is 10.9. The molecule has 0 radical (unpaired) electrons. The Kier molecular flexibility index (Phi) is 8.40. The maximum Gasteiger partial charge on any atom is 0.307 e. The fourth-order valence-electron chi connectivity index (χ4n) is 5.16. The Morgan fingerprint density at radius 1 is 1.31 bits per heavy atom. The molecule has 0 aromatic heterocycles. The van der Waals surface area contributed by atoms with E-state index >= 15 is 0 Å². The molecule has 1 aromatic carbocycles. The predicted octanol–water partition coefficient (Wildman–Crippen LogP) is 5.40. The molecule has 5 heteroatoms. The molecule has 0 saturated carbocycles. The summed E-state index contributed by atoms with van der Waals surface area (Å²) < 4.78 is 12.1. The predicted molar refractivity (Wildman–Crippen MR) is 126 cm³/mol. The van der Waals surface area contributed by atoms with Crippen molar-refractivity contribution in [2.24, 2.45) is 17.3 Å². The molecule has 2 saturated heterocycles. The van der Waals surface area contributed by atoms with Gasteiger partial charge in [0.15, 0.2) is 0 Å². The van der Waals surface area contributed by atoms with Crippen LogP contribution in [0.5, 0.6) is 5.75 Å². The lowest BCUT2D eigenvalue weighted by Gasteiger charge is -2.30. The van der Waals surface area contributed by atoms with Gasteiger partial charge in [0, 0.05) is 5.92 Å². The molecule has 2 unspecified atom stereocenters. The number of rotatable bonds is 12. The van der Waals surface area contributed by atoms with E-state index in [4.69, 9.17) is 14.6 Å². The van der Waals surface area contributed by atoms with Gasteiger partial charge in [-0.2, -0.15) is 0 Å². The van der Waals surface area contributed by atoms with Crippen LogP contribution < -0.4 is 4.74 Å². The van der Waals surface area contributed by atoms with Crippen molar-refractivity contribution in [1.29, 1.82) is 0 Å². The normalized spacial score (nSPS) is 27.0. The lowest BCUT2D eigenvalue weighted by Crippen LogP contribution is -2.30. The second kappa shape index (κ2) is 10.8. The standard InChI is InChI=1S/C27H40O5/c1-5-6-14-27(3,4)25(28)13-10-21-22(24-12-11-23(21)32-24)17-19-8-7-9-20(16-19)31-18(2)15-26(29)30/h7-10,13,16,18,21-25,28H,5-6,11-12,14-15,17H2,1-4H3,(H,29,30)/b13-10+/t18-,21?,22-,23+,24-,25?/m1/s1. The van der Waals surface area contributed by atoms with Crippen LogP contribution in [0.1, 0.15) is 71.8 Å². The Bertz CT molecular complexity index is 786. The second-order valence-electron chi connectivity index (χ2n) is 10.3. The van der Waals surface area contributed by atoms with Crippen molar-refractivity contribution in [1.82, 2.24) is 0 Å². The molecule has 0 amide bonds. The summed E-state index contributed by atoms with van der Waals surface area (Å²) in [6, 6.07) is 7.97. The van der Waals surface area contributed by atoms with Crippen molar-refractivity contribution in [2.45, 2.75) is 97.1 Å². The van der Waals surface area contributed by atoms with E-state index in [0.29, 0.717) is 17.6 Å². The Labute approximate surface area is 192 Å². The Morgan fingerprint density at radius 3 is 2.78 bits per heavy atom. The van der Waals surface area contributed by atoms with Crippen LogP contribution in [0.15, 0.2) is 36.4 Å². The minimum Gasteiger partial charge on any atom is -0.490 e. The van der Waals surface area contributed by atoms with Crippen molar-refractivity contribution < 1.29 is 24.5 Å². The van der Waals surface area contributed by atoms with Gasteiger partial charge in [-0.15, -0.1) is 0 Å². The van der Waals surface area contributed by atoms with E-state index in [0.717, 1.165) is 38.5 Å². The third kappa shape index (κ3) is 6.35. The lowest BCUT2D eigenvalue weighted by atomic mass is 9.75. The van der Waals surface area contributed by atoms with Crippen molar-refractivity contribution >= 4 is 5.97 Å². The topological polar surface area (TPSA) is 76.0 Å². The first-order valence-electron chi connectivity index (χ1n) is 12.2. The number of aliphatic hydroxyl groups is 1. The average molecular weight is 445 g/mol. The number of carbonyl (C=O) groups is 1. The molecule has 178 valence electrons. The first-order valence-corrected chi connectivity index (χ1v) is 12.2. The zero-order valence-corrected chi connectivity index (χ0v) is 20.0. The highest BCUT2D eigenvalue weighted by Gasteiger charge is 2.47. The van der Waals surface area contributed by atoms with Crippen molar-refractivity contribution in [3.05, 3.63) is 42.0 Å². The molecule has 3 rings (SSSR count). The first kappa shape index (κ1) is 24.8.